The number of nitrogens with zero attached hydrogens (tertiary/aromatic N) is 1. The van der Waals surface area contributed by atoms with Crippen molar-refractivity contribution in [3.05, 3.63) is 68.8 Å². The lowest BCUT2D eigenvalue weighted by Crippen LogP contribution is -2.22. The Morgan fingerprint density at radius 2 is 1.84 bits per heavy atom. The van der Waals surface area contributed by atoms with Crippen LogP contribution in [0.1, 0.15) is 32.1 Å². The summed E-state index contributed by atoms with van der Waals surface area (Å²) in [5.41, 5.74) is 2.12. The molecule has 2 aromatic carbocycles. The Morgan fingerprint density at radius 3 is 2.62 bits per heavy atom. The third-order valence-electron chi connectivity index (χ3n) is 5.74. The van der Waals surface area contributed by atoms with E-state index in [1.807, 2.05) is 29.6 Å². The van der Waals surface area contributed by atoms with E-state index < -0.39 is 5.63 Å². The molecule has 0 N–H and O–H groups in total. The lowest BCUT2D eigenvalue weighted by atomic mass is 9.89. The van der Waals surface area contributed by atoms with Gasteiger partial charge < -0.3 is 9.15 Å². The quantitative estimate of drug-likeness (QED) is 0.171. The number of thiazole rings is 1. The minimum atomic E-state index is -0.468. The van der Waals surface area contributed by atoms with Crippen LogP contribution in [0.5, 0.6) is 5.75 Å². The van der Waals surface area contributed by atoms with E-state index in [-0.39, 0.29) is 11.9 Å². The first-order valence-electron chi connectivity index (χ1n) is 10.6. The lowest BCUT2D eigenvalue weighted by molar-refractivity contribution is -0.139. The average molecular weight is 510 g/mol. The number of halogens is 1. The molecule has 1 aliphatic rings. The highest BCUT2D eigenvalue weighted by Crippen LogP contribution is 2.31. The van der Waals surface area contributed by atoms with Crippen LogP contribution in [0.2, 0.25) is 0 Å². The fourth-order valence-electron chi connectivity index (χ4n) is 3.99. The second kappa shape index (κ2) is 9.00. The van der Waals surface area contributed by atoms with Crippen LogP contribution in [0.25, 0.3) is 32.8 Å². The van der Waals surface area contributed by atoms with Gasteiger partial charge in [0.05, 0.1) is 17.2 Å². The summed E-state index contributed by atoms with van der Waals surface area (Å²) in [5, 5.41) is 3.28. The molecule has 4 aromatic rings. The second-order valence-corrected chi connectivity index (χ2v) is 9.72. The maximum atomic E-state index is 12.7. The maximum absolute atomic E-state index is 12.7. The summed E-state index contributed by atoms with van der Waals surface area (Å²) >= 11 is 4.83. The molecule has 0 bridgehead atoms. The summed E-state index contributed by atoms with van der Waals surface area (Å²) in [6.07, 6.45) is 5.06. The molecule has 0 amide bonds. The third kappa shape index (κ3) is 4.40. The number of hydrogen-bond acceptors (Lipinski definition) is 6. The van der Waals surface area contributed by atoms with E-state index in [0.29, 0.717) is 21.9 Å². The molecule has 162 valence electrons. The van der Waals surface area contributed by atoms with Crippen molar-refractivity contribution in [2.24, 2.45) is 5.92 Å². The predicted molar refractivity (Wildman–Crippen MR) is 129 cm³/mol. The molecular weight excluding hydrogens is 490 g/mol. The molecule has 0 spiro atoms. The smallest absolute Gasteiger partial charge is 0.346 e. The van der Waals surface area contributed by atoms with E-state index in [4.69, 9.17) is 9.15 Å². The van der Waals surface area contributed by atoms with Crippen LogP contribution in [-0.2, 0) is 4.79 Å². The largest absolute Gasteiger partial charge is 0.426 e. The van der Waals surface area contributed by atoms with Gasteiger partial charge in [0, 0.05) is 26.9 Å². The number of esters is 1. The minimum absolute atomic E-state index is 0.0429. The van der Waals surface area contributed by atoms with E-state index in [2.05, 4.69) is 20.9 Å². The minimum Gasteiger partial charge on any atom is -0.426 e. The molecule has 1 aliphatic carbocycles. The summed E-state index contributed by atoms with van der Waals surface area (Å²) in [6.45, 7) is 0. The third-order valence-corrected chi connectivity index (χ3v) is 7.14. The number of aromatic nitrogens is 1. The number of carbonyl (C=O) groups excluding carboxylic acids is 1. The van der Waals surface area contributed by atoms with Gasteiger partial charge in [-0.15, -0.1) is 11.3 Å². The molecular formula is C25H20BrNO4S. The van der Waals surface area contributed by atoms with Gasteiger partial charge in [-0.25, -0.2) is 9.78 Å². The molecule has 0 aliphatic heterocycles. The van der Waals surface area contributed by atoms with Gasteiger partial charge in [-0.3, -0.25) is 4.79 Å². The Kier molecular flexibility index (Phi) is 5.93. The van der Waals surface area contributed by atoms with Crippen molar-refractivity contribution in [1.82, 2.24) is 4.98 Å². The number of hydrogen-bond donors (Lipinski definition) is 0. The highest BCUT2D eigenvalue weighted by atomic mass is 79.9. The molecule has 7 heteroatoms. The Hall–Kier alpha value is -2.77. The van der Waals surface area contributed by atoms with Crippen molar-refractivity contribution < 1.29 is 13.9 Å². The van der Waals surface area contributed by atoms with Gasteiger partial charge in [-0.2, -0.15) is 0 Å². The number of carbonyl (C=O) groups is 1. The summed E-state index contributed by atoms with van der Waals surface area (Å²) in [6, 6.07) is 14.8. The second-order valence-electron chi connectivity index (χ2n) is 7.95. The molecule has 0 unspecified atom stereocenters. The summed E-state index contributed by atoms with van der Waals surface area (Å²) in [5.74, 6) is 0.153. The van der Waals surface area contributed by atoms with Gasteiger partial charge in [0.2, 0.25) is 0 Å². The van der Waals surface area contributed by atoms with E-state index in [1.165, 1.54) is 17.8 Å². The van der Waals surface area contributed by atoms with Gasteiger partial charge in [0.25, 0.3) is 0 Å². The molecule has 2 aromatic heterocycles. The highest BCUT2D eigenvalue weighted by molar-refractivity contribution is 9.10. The maximum Gasteiger partial charge on any atom is 0.346 e. The topological polar surface area (TPSA) is 69.4 Å². The Labute approximate surface area is 197 Å². The van der Waals surface area contributed by atoms with Gasteiger partial charge in [-0.05, 0) is 43.2 Å². The highest BCUT2D eigenvalue weighted by Gasteiger charge is 2.23. The summed E-state index contributed by atoms with van der Waals surface area (Å²) in [7, 11) is 0. The van der Waals surface area contributed by atoms with Gasteiger partial charge in [0.1, 0.15) is 16.3 Å². The molecule has 0 atom stereocenters. The first kappa shape index (κ1) is 21.1. The van der Waals surface area contributed by atoms with Crippen LogP contribution in [0.15, 0.2) is 67.6 Å². The predicted octanol–water partition coefficient (Wildman–Crippen LogP) is 6.83. The SMILES string of the molecule is O=C(Oc1ccc2cc(-c3nc(-c4ccc(Br)cc4)cs3)c(=O)oc2c1)C1CCCCC1. The van der Waals surface area contributed by atoms with E-state index in [1.54, 1.807) is 24.3 Å². The van der Waals surface area contributed by atoms with Crippen molar-refractivity contribution in [1.29, 1.82) is 0 Å². The monoisotopic (exact) mass is 509 g/mol. The van der Waals surface area contributed by atoms with Crippen LogP contribution in [0.4, 0.5) is 0 Å². The first-order chi connectivity index (χ1) is 15.6. The molecule has 32 heavy (non-hydrogen) atoms. The van der Waals surface area contributed by atoms with Gasteiger partial charge in [0.15, 0.2) is 0 Å². The molecule has 0 radical (unpaired) electrons. The van der Waals surface area contributed by atoms with Crippen LogP contribution in [0.3, 0.4) is 0 Å². The Morgan fingerprint density at radius 1 is 1.06 bits per heavy atom. The van der Waals surface area contributed by atoms with Crippen LogP contribution in [0, 0.1) is 5.92 Å². The fourth-order valence-corrected chi connectivity index (χ4v) is 5.09. The van der Waals surface area contributed by atoms with E-state index in [9.17, 15) is 9.59 Å². The molecule has 0 saturated heterocycles. The van der Waals surface area contributed by atoms with Crippen molar-refractivity contribution in [3.63, 3.8) is 0 Å². The molecule has 1 saturated carbocycles. The fraction of sp³-hybridized carbons (Fsp3) is 0.240. The molecule has 2 heterocycles. The van der Waals surface area contributed by atoms with Crippen LogP contribution >= 0.6 is 27.3 Å². The summed E-state index contributed by atoms with van der Waals surface area (Å²) in [4.78, 5) is 29.7. The van der Waals surface area contributed by atoms with E-state index in [0.717, 1.165) is 46.8 Å². The van der Waals surface area contributed by atoms with E-state index >= 15 is 0 Å². The molecule has 5 rings (SSSR count). The van der Waals surface area contributed by atoms with Crippen LogP contribution < -0.4 is 10.4 Å². The van der Waals surface area contributed by atoms with Crippen molar-refractivity contribution in [2.45, 2.75) is 32.1 Å². The number of benzene rings is 2. The normalized spacial score (nSPS) is 14.5. The zero-order chi connectivity index (χ0) is 22.1. The Bertz CT molecular complexity index is 1340. The van der Waals surface area contributed by atoms with Crippen LogP contribution in [-0.4, -0.2) is 11.0 Å². The van der Waals surface area contributed by atoms with Gasteiger partial charge in [-0.1, -0.05) is 47.3 Å². The Balaban J connectivity index is 1.40. The molecule has 5 nitrogen and oxygen atoms in total. The first-order valence-corrected chi connectivity index (χ1v) is 12.3. The number of ether oxygens (including phenoxy) is 1. The van der Waals surface area contributed by atoms with Gasteiger partial charge >= 0.3 is 11.6 Å². The van der Waals surface area contributed by atoms with Crippen molar-refractivity contribution >= 4 is 44.2 Å². The lowest BCUT2D eigenvalue weighted by Gasteiger charge is -2.19. The number of fused-ring (bicyclic) bond motifs is 1. The summed E-state index contributed by atoms with van der Waals surface area (Å²) < 4.78 is 12.1. The standard InChI is InChI=1S/C25H20BrNO4S/c26-18-9-6-15(7-10-18)21-14-32-23(27-21)20-12-17-8-11-19(13-22(17)31-25(20)29)30-24(28)16-4-2-1-3-5-16/h6-14,16H,1-5H2. The van der Waals surface area contributed by atoms with Crippen molar-refractivity contribution in [2.75, 3.05) is 0 Å². The zero-order valence-electron chi connectivity index (χ0n) is 17.2. The molecule has 1 fully saturated rings. The average Bonchev–Trinajstić information content (AvgIpc) is 3.29. The van der Waals surface area contributed by atoms with Crippen molar-refractivity contribution in [3.8, 4) is 27.6 Å². The zero-order valence-corrected chi connectivity index (χ0v) is 19.6. The number of rotatable bonds is 4.